The van der Waals surface area contributed by atoms with E-state index in [2.05, 4.69) is 15.6 Å². The number of hydrogen-bond acceptors (Lipinski definition) is 4. The second kappa shape index (κ2) is 7.75. The molecule has 0 aliphatic heterocycles. The predicted octanol–water partition coefficient (Wildman–Crippen LogP) is 3.51. The van der Waals surface area contributed by atoms with Gasteiger partial charge < -0.3 is 15.2 Å². The van der Waals surface area contributed by atoms with Crippen molar-refractivity contribution in [3.05, 3.63) is 48.3 Å². The van der Waals surface area contributed by atoms with Gasteiger partial charge in [0.1, 0.15) is 6.04 Å². The Morgan fingerprint density at radius 2 is 2.04 bits per heavy atom. The van der Waals surface area contributed by atoms with Crippen molar-refractivity contribution in [3.8, 4) is 5.13 Å². The van der Waals surface area contributed by atoms with Crippen molar-refractivity contribution in [3.63, 3.8) is 0 Å². The van der Waals surface area contributed by atoms with Crippen molar-refractivity contribution in [2.24, 2.45) is 5.92 Å². The molecule has 1 aromatic carbocycles. The van der Waals surface area contributed by atoms with Crippen molar-refractivity contribution >= 4 is 33.4 Å². The standard InChI is InChI=1S/C21H24N4O2S/c1-3-13(2)18(20(27)22-15-7-8-15)24-19(26)14-6-9-16-17(12-14)28-21(23-16)25-10-4-5-11-25/h4-6,9-13,15,18H,3,7-8H2,1-2H3,(H,22,27)(H,24,26)/t13-,18-/m1/s1. The van der Waals surface area contributed by atoms with Crippen LogP contribution in [0.1, 0.15) is 43.5 Å². The molecule has 0 radical (unpaired) electrons. The summed E-state index contributed by atoms with van der Waals surface area (Å²) in [6, 6.07) is 9.13. The molecule has 0 spiro atoms. The number of carbonyl (C=O) groups excluding carboxylic acids is 2. The summed E-state index contributed by atoms with van der Waals surface area (Å²) in [4.78, 5) is 30.0. The summed E-state index contributed by atoms with van der Waals surface area (Å²) in [5, 5.41) is 6.81. The van der Waals surface area contributed by atoms with Crippen LogP contribution in [0.2, 0.25) is 0 Å². The monoisotopic (exact) mass is 396 g/mol. The number of carbonyl (C=O) groups is 2. The molecule has 1 saturated carbocycles. The summed E-state index contributed by atoms with van der Waals surface area (Å²) in [5.74, 6) is -0.247. The molecule has 2 amide bonds. The molecule has 0 saturated heterocycles. The Bertz CT molecular complexity index is 991. The van der Waals surface area contributed by atoms with E-state index in [0.717, 1.165) is 34.6 Å². The number of benzene rings is 1. The van der Waals surface area contributed by atoms with Crippen LogP contribution in [0.3, 0.4) is 0 Å². The van der Waals surface area contributed by atoms with Crippen LogP contribution in [0, 0.1) is 5.92 Å². The molecule has 3 aromatic rings. The van der Waals surface area contributed by atoms with Crippen LogP contribution in [0.25, 0.3) is 15.3 Å². The van der Waals surface area contributed by atoms with Crippen LogP contribution in [-0.2, 0) is 4.79 Å². The van der Waals surface area contributed by atoms with Gasteiger partial charge in [0, 0.05) is 24.0 Å². The van der Waals surface area contributed by atoms with Crippen LogP contribution >= 0.6 is 11.3 Å². The van der Waals surface area contributed by atoms with Gasteiger partial charge in [-0.15, -0.1) is 0 Å². The van der Waals surface area contributed by atoms with Gasteiger partial charge in [-0.25, -0.2) is 4.98 Å². The van der Waals surface area contributed by atoms with Crippen molar-refractivity contribution in [2.45, 2.75) is 45.2 Å². The number of thiazole rings is 1. The van der Waals surface area contributed by atoms with E-state index in [0.29, 0.717) is 5.56 Å². The minimum absolute atomic E-state index is 0.0650. The molecule has 2 N–H and O–H groups in total. The molecule has 7 heteroatoms. The van der Waals surface area contributed by atoms with Gasteiger partial charge in [-0.3, -0.25) is 9.59 Å². The molecule has 1 aliphatic carbocycles. The normalized spacial score (nSPS) is 15.9. The lowest BCUT2D eigenvalue weighted by molar-refractivity contribution is -0.124. The fourth-order valence-electron chi connectivity index (χ4n) is 3.07. The van der Waals surface area contributed by atoms with Gasteiger partial charge in [0.2, 0.25) is 5.91 Å². The Morgan fingerprint density at radius 1 is 1.29 bits per heavy atom. The summed E-state index contributed by atoms with van der Waals surface area (Å²) < 4.78 is 2.89. The summed E-state index contributed by atoms with van der Waals surface area (Å²) in [6.07, 6.45) is 6.76. The first-order chi connectivity index (χ1) is 13.5. The van der Waals surface area contributed by atoms with E-state index in [4.69, 9.17) is 0 Å². The molecular formula is C21H24N4O2S. The fourth-order valence-corrected chi connectivity index (χ4v) is 4.04. The average molecular weight is 397 g/mol. The summed E-state index contributed by atoms with van der Waals surface area (Å²) >= 11 is 1.53. The highest BCUT2D eigenvalue weighted by molar-refractivity contribution is 7.20. The van der Waals surface area contributed by atoms with Gasteiger partial charge in [-0.1, -0.05) is 31.6 Å². The maximum Gasteiger partial charge on any atom is 0.251 e. The largest absolute Gasteiger partial charge is 0.352 e. The first-order valence-corrected chi connectivity index (χ1v) is 10.5. The number of nitrogens with one attached hydrogen (secondary N) is 2. The van der Waals surface area contributed by atoms with E-state index in [-0.39, 0.29) is 23.8 Å². The Morgan fingerprint density at radius 3 is 2.71 bits per heavy atom. The smallest absolute Gasteiger partial charge is 0.251 e. The number of rotatable bonds is 7. The van der Waals surface area contributed by atoms with Gasteiger partial charge in [0.15, 0.2) is 5.13 Å². The SMILES string of the molecule is CC[C@@H](C)[C@@H](NC(=O)c1ccc2nc(-n3cccc3)sc2c1)C(=O)NC1CC1. The Labute approximate surface area is 168 Å². The zero-order valence-electron chi connectivity index (χ0n) is 16.0. The number of hydrogen-bond donors (Lipinski definition) is 2. The molecule has 2 heterocycles. The summed E-state index contributed by atoms with van der Waals surface area (Å²) in [5.41, 5.74) is 1.40. The number of fused-ring (bicyclic) bond motifs is 1. The number of nitrogens with zero attached hydrogens (tertiary/aromatic N) is 2. The van der Waals surface area contributed by atoms with Crippen LogP contribution in [-0.4, -0.2) is 33.4 Å². The number of amides is 2. The van der Waals surface area contributed by atoms with Crippen LogP contribution in [0.5, 0.6) is 0 Å². The fraction of sp³-hybridized carbons (Fsp3) is 0.381. The van der Waals surface area contributed by atoms with Gasteiger partial charge >= 0.3 is 0 Å². The highest BCUT2D eigenvalue weighted by Gasteiger charge is 2.31. The minimum Gasteiger partial charge on any atom is -0.352 e. The maximum absolute atomic E-state index is 12.8. The van der Waals surface area contributed by atoms with Crippen LogP contribution in [0.15, 0.2) is 42.7 Å². The summed E-state index contributed by atoms with van der Waals surface area (Å²) in [6.45, 7) is 4.02. The average Bonchev–Trinajstić information content (AvgIpc) is 3.19. The first-order valence-electron chi connectivity index (χ1n) is 9.70. The zero-order chi connectivity index (χ0) is 19.7. The lowest BCUT2D eigenvalue weighted by Crippen LogP contribution is -2.50. The van der Waals surface area contributed by atoms with E-state index >= 15 is 0 Å². The second-order valence-electron chi connectivity index (χ2n) is 7.39. The van der Waals surface area contributed by atoms with Gasteiger partial charge in [-0.2, -0.15) is 0 Å². The van der Waals surface area contributed by atoms with E-state index in [9.17, 15) is 9.59 Å². The Hall–Kier alpha value is -2.67. The predicted molar refractivity (Wildman–Crippen MR) is 111 cm³/mol. The van der Waals surface area contributed by atoms with Gasteiger partial charge in [0.25, 0.3) is 5.91 Å². The van der Waals surface area contributed by atoms with E-state index in [1.807, 2.05) is 55.1 Å². The van der Waals surface area contributed by atoms with Crippen LogP contribution in [0.4, 0.5) is 0 Å². The Balaban J connectivity index is 1.53. The van der Waals surface area contributed by atoms with Crippen LogP contribution < -0.4 is 10.6 Å². The number of aromatic nitrogens is 2. The Kier molecular flexibility index (Phi) is 5.17. The lowest BCUT2D eigenvalue weighted by atomic mass is 9.97. The van der Waals surface area contributed by atoms with Crippen molar-refractivity contribution < 1.29 is 9.59 Å². The zero-order valence-corrected chi connectivity index (χ0v) is 16.8. The van der Waals surface area contributed by atoms with Crippen molar-refractivity contribution in [2.75, 3.05) is 0 Å². The molecule has 4 rings (SSSR count). The lowest BCUT2D eigenvalue weighted by Gasteiger charge is -2.23. The van der Waals surface area contributed by atoms with Crippen molar-refractivity contribution in [1.82, 2.24) is 20.2 Å². The molecular weight excluding hydrogens is 372 g/mol. The molecule has 2 atom stereocenters. The molecule has 0 bridgehead atoms. The molecule has 6 nitrogen and oxygen atoms in total. The molecule has 1 fully saturated rings. The second-order valence-corrected chi connectivity index (χ2v) is 8.40. The molecule has 0 unspecified atom stereocenters. The molecule has 28 heavy (non-hydrogen) atoms. The van der Waals surface area contributed by atoms with E-state index in [1.165, 1.54) is 11.3 Å². The van der Waals surface area contributed by atoms with E-state index in [1.54, 1.807) is 6.07 Å². The van der Waals surface area contributed by atoms with E-state index < -0.39 is 6.04 Å². The third kappa shape index (κ3) is 3.94. The highest BCUT2D eigenvalue weighted by Crippen LogP contribution is 2.26. The van der Waals surface area contributed by atoms with Gasteiger partial charge in [0.05, 0.1) is 10.2 Å². The quantitative estimate of drug-likeness (QED) is 0.642. The van der Waals surface area contributed by atoms with Crippen molar-refractivity contribution in [1.29, 1.82) is 0 Å². The molecule has 1 aliphatic rings. The molecule has 146 valence electrons. The maximum atomic E-state index is 12.8. The highest BCUT2D eigenvalue weighted by atomic mass is 32.1. The third-order valence-electron chi connectivity index (χ3n) is 5.17. The topological polar surface area (TPSA) is 76.0 Å². The first kappa shape index (κ1) is 18.7. The molecule has 2 aromatic heterocycles. The summed E-state index contributed by atoms with van der Waals surface area (Å²) in [7, 11) is 0. The third-order valence-corrected chi connectivity index (χ3v) is 6.20. The van der Waals surface area contributed by atoms with Gasteiger partial charge in [-0.05, 0) is 49.1 Å². The minimum atomic E-state index is -0.523.